The Morgan fingerprint density at radius 3 is 0.299 bits per heavy atom. The van der Waals surface area contributed by atoms with Crippen molar-refractivity contribution in [2.75, 3.05) is 0 Å². The van der Waals surface area contributed by atoms with Crippen LogP contribution >= 0.6 is 0 Å². The van der Waals surface area contributed by atoms with E-state index in [1.54, 1.807) is 72.8 Å². The van der Waals surface area contributed by atoms with Gasteiger partial charge in [0.2, 0.25) is 0 Å². The van der Waals surface area contributed by atoms with Gasteiger partial charge in [0.25, 0.3) is 0 Å². The summed E-state index contributed by atoms with van der Waals surface area (Å²) in [5, 5.41) is 0. The van der Waals surface area contributed by atoms with Crippen LogP contribution in [0.5, 0.6) is 34.5 Å². The zero-order chi connectivity index (χ0) is 102. The van der Waals surface area contributed by atoms with Gasteiger partial charge in [0.05, 0.1) is 33.4 Å². The maximum Gasteiger partial charge on any atom is 0.345 e. The normalized spacial score (nSPS) is 11.4. The van der Waals surface area contributed by atoms with Crippen molar-refractivity contribution in [1.82, 2.24) is 0 Å². The average Bonchev–Trinajstić information content (AvgIpc) is 0.723. The van der Waals surface area contributed by atoms with Gasteiger partial charge in [-0.3, -0.25) is 0 Å². The maximum absolute atomic E-state index is 16.6. The number of ether oxygens (including phenoxy) is 6. The van der Waals surface area contributed by atoms with Crippen molar-refractivity contribution in [3.63, 3.8) is 0 Å². The van der Waals surface area contributed by atoms with Crippen LogP contribution in [0.2, 0.25) is 0 Å². The fraction of sp³-hybridized carbons (Fsp3) is 0.636. The molecular weight excluding hydrogens is 1780 g/mol. The first-order chi connectivity index (χ1) is 70.9. The minimum absolute atomic E-state index is 0.0238. The second-order valence-electron chi connectivity index (χ2n) is 42.3. The highest BCUT2D eigenvalue weighted by atomic mass is 16.6. The summed E-state index contributed by atoms with van der Waals surface area (Å²) in [6.07, 6.45) is 92.8. The van der Waals surface area contributed by atoms with Crippen LogP contribution in [0.4, 0.5) is 0 Å². The Hall–Kier alpha value is -8.64. The van der Waals surface area contributed by atoms with Crippen molar-refractivity contribution >= 4 is 35.8 Å². The van der Waals surface area contributed by atoms with Crippen molar-refractivity contribution in [3.8, 4) is 34.5 Å². The molecule has 0 bridgehead atoms. The molecule has 12 heteroatoms. The van der Waals surface area contributed by atoms with Crippen LogP contribution in [0.3, 0.4) is 0 Å². The molecule has 0 amide bonds. The Bertz CT molecular complexity index is 3690. The Morgan fingerprint density at radius 1 is 0.125 bits per heavy atom. The Morgan fingerprint density at radius 2 is 0.208 bits per heavy atom. The molecule has 0 spiro atoms. The fourth-order valence-electron chi connectivity index (χ4n) is 20.3. The van der Waals surface area contributed by atoms with Crippen molar-refractivity contribution in [2.24, 2.45) is 0 Å². The quantitative estimate of drug-likeness (QED) is 0.0202. The Balaban J connectivity index is 1.35. The molecule has 798 valence electrons. The monoisotopic (exact) mass is 1980 g/mol. The van der Waals surface area contributed by atoms with Gasteiger partial charge in [-0.25, -0.2) is 28.8 Å². The van der Waals surface area contributed by atoms with E-state index in [4.69, 9.17) is 28.4 Å². The van der Waals surface area contributed by atoms with Crippen molar-refractivity contribution in [3.05, 3.63) is 212 Å². The molecule has 0 N–H and O–H groups in total. The smallest absolute Gasteiger partial charge is 0.345 e. The predicted octanol–water partition coefficient (Wildman–Crippen LogP) is 40.5. The van der Waals surface area contributed by atoms with Gasteiger partial charge in [0.1, 0.15) is 34.5 Å². The zero-order valence-electron chi connectivity index (χ0n) is 91.9. The minimum atomic E-state index is -1.35. The van der Waals surface area contributed by atoms with Gasteiger partial charge in [-0.1, -0.05) is 538 Å². The summed E-state index contributed by atoms with van der Waals surface area (Å²) < 4.78 is 38.9. The molecule has 0 unspecified atom stereocenters. The van der Waals surface area contributed by atoms with E-state index in [0.717, 1.165) is 187 Å². The third kappa shape index (κ3) is 54.3. The lowest BCUT2D eigenvalue weighted by Gasteiger charge is -2.22. The molecule has 0 atom stereocenters. The summed E-state index contributed by atoms with van der Waals surface area (Å²) in [5.74, 6) is -7.97. The van der Waals surface area contributed by atoms with Crippen LogP contribution in [0.1, 0.15) is 599 Å². The molecule has 7 aromatic rings. The molecular formula is C132H198O12. The molecule has 12 nitrogen and oxygen atoms in total. The van der Waals surface area contributed by atoms with Crippen LogP contribution in [-0.2, 0) is 38.5 Å². The number of hydrogen-bond donors (Lipinski definition) is 0. The summed E-state index contributed by atoms with van der Waals surface area (Å²) >= 11 is 0. The first kappa shape index (κ1) is 122. The van der Waals surface area contributed by atoms with Gasteiger partial charge in [0, 0.05) is 0 Å². The Kier molecular flexibility index (Phi) is 69.1. The third-order valence-corrected chi connectivity index (χ3v) is 29.4. The largest absolute Gasteiger partial charge is 0.423 e. The van der Waals surface area contributed by atoms with E-state index in [-0.39, 0.29) is 34.5 Å². The summed E-state index contributed by atoms with van der Waals surface area (Å²) in [6.45, 7) is 13.6. The molecule has 0 fully saturated rings. The molecule has 0 saturated carbocycles. The second-order valence-corrected chi connectivity index (χ2v) is 42.3. The lowest BCUT2D eigenvalue weighted by Crippen LogP contribution is -2.34. The molecule has 0 radical (unpaired) electrons. The summed E-state index contributed by atoms with van der Waals surface area (Å²) in [7, 11) is 0. The molecule has 0 aliphatic heterocycles. The Labute approximate surface area is 876 Å². The fourth-order valence-corrected chi connectivity index (χ4v) is 20.3. The average molecular weight is 1980 g/mol. The SMILES string of the molecule is CCCCCCCCCCCCCCc1ccc(OC(=O)c2c(C(=O)Oc3ccc(CCCCCCCCCCCCCC)cc3)c(C(=O)Oc3ccc(CCCCCCCCCCCCCC)cc3)c(C(=O)Oc3ccc(CCCCCCCCCCCCCC)cc3)c(C(=O)Oc3ccc(CCCCCCCCCCCCCC)cc3)c2C(=O)Oc2ccc(CCCCCCCCCCCCCC)cc2)cc1. The number of benzene rings is 7. The van der Waals surface area contributed by atoms with Gasteiger partial charge in [-0.05, 0) is 183 Å². The van der Waals surface area contributed by atoms with E-state index >= 15 is 28.8 Å². The van der Waals surface area contributed by atoms with Crippen LogP contribution < -0.4 is 28.4 Å². The molecule has 0 aromatic heterocycles. The van der Waals surface area contributed by atoms with Crippen LogP contribution in [0, 0.1) is 0 Å². The second kappa shape index (κ2) is 81.4. The van der Waals surface area contributed by atoms with Crippen molar-refractivity contribution in [1.29, 1.82) is 0 Å². The number of unbranched alkanes of at least 4 members (excludes halogenated alkanes) is 66. The van der Waals surface area contributed by atoms with E-state index in [0.29, 0.717) is 0 Å². The van der Waals surface area contributed by atoms with Crippen LogP contribution in [-0.4, -0.2) is 35.8 Å². The van der Waals surface area contributed by atoms with E-state index in [9.17, 15) is 0 Å². The lowest BCUT2D eigenvalue weighted by atomic mass is 9.85. The van der Waals surface area contributed by atoms with Crippen molar-refractivity contribution in [2.45, 2.75) is 542 Å². The molecule has 0 aliphatic rings. The topological polar surface area (TPSA) is 158 Å². The highest BCUT2D eigenvalue weighted by Crippen LogP contribution is 2.38. The van der Waals surface area contributed by atoms with E-state index in [1.165, 1.54) is 347 Å². The number of aryl methyl sites for hydroxylation is 6. The summed E-state index contributed by atoms with van der Waals surface area (Å²) in [4.78, 5) is 99.6. The number of rotatable bonds is 90. The first-order valence-electron chi connectivity index (χ1n) is 60.0. The summed E-state index contributed by atoms with van der Waals surface area (Å²) in [5.41, 5.74) is 0.602. The van der Waals surface area contributed by atoms with Crippen LogP contribution in [0.15, 0.2) is 146 Å². The number of esters is 6. The highest BCUT2D eigenvalue weighted by Gasteiger charge is 2.45. The zero-order valence-corrected chi connectivity index (χ0v) is 91.9. The van der Waals surface area contributed by atoms with Gasteiger partial charge in [-0.2, -0.15) is 0 Å². The molecule has 7 rings (SSSR count). The molecule has 7 aromatic carbocycles. The van der Waals surface area contributed by atoms with Crippen molar-refractivity contribution < 1.29 is 57.2 Å². The standard InChI is InChI=1S/C132H198O12/c1-7-13-19-25-31-37-43-49-55-61-67-73-79-109-85-97-115(98-86-109)139-127(133)121-122(128(134)140-116-99-87-110(88-100-116)80-74-68-62-56-50-44-38-32-26-20-14-8-2)124(130(136)142-118-103-91-112(92-104-118)82-76-70-64-58-52-46-40-34-28-22-16-10-4)126(132(138)144-120-107-95-114(96-108-120)84-78-72-66-60-54-48-42-36-30-24-18-12-6)125(131(137)143-119-105-93-113(94-106-119)83-77-71-65-59-53-47-41-35-29-23-17-11-5)123(121)129(135)141-117-101-89-111(90-102-117)81-75-69-63-57-51-45-39-33-27-21-15-9-3/h85-108H,7-84H2,1-6H3. The van der Waals surface area contributed by atoms with E-state index in [1.807, 2.05) is 72.8 Å². The number of hydrogen-bond acceptors (Lipinski definition) is 12. The third-order valence-electron chi connectivity index (χ3n) is 29.4. The van der Waals surface area contributed by atoms with Crippen LogP contribution in [0.25, 0.3) is 0 Å². The minimum Gasteiger partial charge on any atom is -0.423 e. The van der Waals surface area contributed by atoms with Gasteiger partial charge in [-0.15, -0.1) is 0 Å². The highest BCUT2D eigenvalue weighted by molar-refractivity contribution is 6.25. The van der Waals surface area contributed by atoms with E-state index in [2.05, 4.69) is 41.5 Å². The molecule has 0 heterocycles. The van der Waals surface area contributed by atoms with Gasteiger partial charge >= 0.3 is 35.8 Å². The van der Waals surface area contributed by atoms with Gasteiger partial charge < -0.3 is 28.4 Å². The van der Waals surface area contributed by atoms with E-state index < -0.39 is 69.2 Å². The summed E-state index contributed by atoms with van der Waals surface area (Å²) in [6, 6.07) is 42.6. The molecule has 0 saturated heterocycles. The molecule has 0 aliphatic carbocycles. The number of carbonyl (C=O) groups is 6. The molecule has 144 heavy (non-hydrogen) atoms. The maximum atomic E-state index is 16.6. The van der Waals surface area contributed by atoms with Gasteiger partial charge in [0.15, 0.2) is 0 Å². The number of carbonyl (C=O) groups excluding carboxylic acids is 6. The predicted molar refractivity (Wildman–Crippen MR) is 604 cm³/mol. The lowest BCUT2D eigenvalue weighted by molar-refractivity contribution is 0.0635. The first-order valence-corrected chi connectivity index (χ1v) is 60.0.